The molecular formula is C24H23N3O3. The van der Waals surface area contributed by atoms with Gasteiger partial charge in [0.05, 0.1) is 5.52 Å². The third kappa shape index (κ3) is 3.44. The Labute approximate surface area is 174 Å². The molecule has 1 N–H and O–H groups in total. The minimum Gasteiger partial charge on any atom is -0.380 e. The molecule has 2 aliphatic rings. The molecule has 2 heterocycles. The molecule has 152 valence electrons. The van der Waals surface area contributed by atoms with Crippen molar-refractivity contribution in [1.29, 1.82) is 0 Å². The fourth-order valence-corrected chi connectivity index (χ4v) is 3.96. The van der Waals surface area contributed by atoms with Crippen LogP contribution in [-0.4, -0.2) is 63.5 Å². The second kappa shape index (κ2) is 7.22. The summed E-state index contributed by atoms with van der Waals surface area (Å²) in [5, 5.41) is 11.1. The number of carbonyl (C=O) groups excluding carboxylic acids is 2. The number of nitrogens with zero attached hydrogens (tertiary/aromatic N) is 3. The lowest BCUT2D eigenvalue weighted by Crippen LogP contribution is -2.53. The lowest BCUT2D eigenvalue weighted by molar-refractivity contribution is -0.143. The number of amides is 2. The molecule has 0 atom stereocenters. The third-order valence-electron chi connectivity index (χ3n) is 6.03. The molecule has 2 fully saturated rings. The number of aromatic nitrogens is 1. The summed E-state index contributed by atoms with van der Waals surface area (Å²) >= 11 is 0. The van der Waals surface area contributed by atoms with Crippen LogP contribution in [0, 0.1) is 0 Å². The largest absolute Gasteiger partial charge is 0.380 e. The Bertz CT molecular complexity index is 1110. The summed E-state index contributed by atoms with van der Waals surface area (Å²) in [5.74, 6) is -0.224. The second-order valence-corrected chi connectivity index (χ2v) is 8.11. The zero-order chi connectivity index (χ0) is 20.7. The number of pyridine rings is 1. The molecule has 5 rings (SSSR count). The van der Waals surface area contributed by atoms with Crippen LogP contribution in [-0.2, 0) is 4.79 Å². The summed E-state index contributed by atoms with van der Waals surface area (Å²) in [6, 6.07) is 17.7. The Morgan fingerprint density at radius 2 is 1.53 bits per heavy atom. The van der Waals surface area contributed by atoms with Gasteiger partial charge in [-0.2, -0.15) is 0 Å². The van der Waals surface area contributed by atoms with E-state index in [4.69, 9.17) is 0 Å². The Balaban J connectivity index is 1.26. The molecule has 1 aromatic heterocycles. The molecule has 0 radical (unpaired) electrons. The first kappa shape index (κ1) is 18.8. The highest BCUT2D eigenvalue weighted by Gasteiger charge is 2.50. The van der Waals surface area contributed by atoms with Gasteiger partial charge in [-0.1, -0.05) is 30.3 Å². The highest BCUT2D eigenvalue weighted by Crippen LogP contribution is 2.37. The number of aliphatic hydroxyl groups is 1. The maximum Gasteiger partial charge on any atom is 0.254 e. The highest BCUT2D eigenvalue weighted by molar-refractivity contribution is 5.95. The van der Waals surface area contributed by atoms with Crippen LogP contribution in [0.4, 0.5) is 0 Å². The van der Waals surface area contributed by atoms with E-state index in [9.17, 15) is 14.7 Å². The van der Waals surface area contributed by atoms with Crippen LogP contribution in [0.15, 0.2) is 60.8 Å². The van der Waals surface area contributed by atoms with Crippen molar-refractivity contribution < 1.29 is 14.7 Å². The molecular weight excluding hydrogens is 378 g/mol. The van der Waals surface area contributed by atoms with E-state index in [0.717, 1.165) is 22.0 Å². The average Bonchev–Trinajstić information content (AvgIpc) is 3.56. The maximum absolute atomic E-state index is 12.9. The standard InChI is InChI=1S/C24H23N3O3/c28-22(26-11-13-27(14-12-26)23(29)24(30)9-10-24)18-7-5-17(6-8-18)20-15-19-3-1-2-4-21(19)25-16-20/h1-8,15-16,30H,9-14H2. The molecule has 1 saturated heterocycles. The van der Waals surface area contributed by atoms with E-state index < -0.39 is 5.60 Å². The molecule has 2 aromatic carbocycles. The molecule has 1 saturated carbocycles. The lowest BCUT2D eigenvalue weighted by atomic mass is 10.0. The summed E-state index contributed by atoms with van der Waals surface area (Å²) in [7, 11) is 0. The number of hydrogen-bond acceptors (Lipinski definition) is 4. The highest BCUT2D eigenvalue weighted by atomic mass is 16.3. The first-order valence-electron chi connectivity index (χ1n) is 10.3. The molecule has 2 amide bonds. The normalized spacial score (nSPS) is 17.8. The van der Waals surface area contributed by atoms with Gasteiger partial charge >= 0.3 is 0 Å². The van der Waals surface area contributed by atoms with Crippen molar-refractivity contribution in [2.75, 3.05) is 26.2 Å². The minimum atomic E-state index is -1.14. The number of benzene rings is 2. The summed E-state index contributed by atoms with van der Waals surface area (Å²) in [5.41, 5.74) is 2.47. The predicted molar refractivity (Wildman–Crippen MR) is 114 cm³/mol. The van der Waals surface area contributed by atoms with E-state index in [1.54, 1.807) is 9.80 Å². The predicted octanol–water partition coefficient (Wildman–Crippen LogP) is 2.71. The van der Waals surface area contributed by atoms with Gasteiger partial charge in [0.2, 0.25) is 0 Å². The number of para-hydroxylation sites is 1. The van der Waals surface area contributed by atoms with E-state index >= 15 is 0 Å². The van der Waals surface area contributed by atoms with Gasteiger partial charge in [-0.05, 0) is 42.7 Å². The zero-order valence-electron chi connectivity index (χ0n) is 16.6. The first-order valence-corrected chi connectivity index (χ1v) is 10.3. The molecule has 0 spiro atoms. The van der Waals surface area contributed by atoms with Crippen molar-refractivity contribution in [3.8, 4) is 11.1 Å². The fraction of sp³-hybridized carbons (Fsp3) is 0.292. The summed E-state index contributed by atoms with van der Waals surface area (Å²) in [4.78, 5) is 33.1. The molecule has 0 bridgehead atoms. The number of carbonyl (C=O) groups is 2. The molecule has 1 aliphatic carbocycles. The van der Waals surface area contributed by atoms with Crippen LogP contribution in [0.1, 0.15) is 23.2 Å². The number of hydrogen-bond donors (Lipinski definition) is 1. The quantitative estimate of drug-likeness (QED) is 0.732. The summed E-state index contributed by atoms with van der Waals surface area (Å²) in [6.07, 6.45) is 2.94. The van der Waals surface area contributed by atoms with Crippen molar-refractivity contribution >= 4 is 22.7 Å². The van der Waals surface area contributed by atoms with Gasteiger partial charge in [-0.3, -0.25) is 14.6 Å². The Morgan fingerprint density at radius 1 is 0.867 bits per heavy atom. The van der Waals surface area contributed by atoms with Crippen molar-refractivity contribution in [1.82, 2.24) is 14.8 Å². The Morgan fingerprint density at radius 3 is 2.23 bits per heavy atom. The molecule has 30 heavy (non-hydrogen) atoms. The van der Waals surface area contributed by atoms with Gasteiger partial charge in [0.1, 0.15) is 5.60 Å². The maximum atomic E-state index is 12.9. The monoisotopic (exact) mass is 401 g/mol. The molecule has 1 aliphatic heterocycles. The van der Waals surface area contributed by atoms with E-state index in [2.05, 4.69) is 11.1 Å². The van der Waals surface area contributed by atoms with Crippen molar-refractivity contribution in [3.63, 3.8) is 0 Å². The van der Waals surface area contributed by atoms with Crippen LogP contribution in [0.2, 0.25) is 0 Å². The number of piperazine rings is 1. The lowest BCUT2D eigenvalue weighted by Gasteiger charge is -2.35. The number of rotatable bonds is 3. The van der Waals surface area contributed by atoms with Gasteiger partial charge in [0, 0.05) is 48.9 Å². The Kier molecular flexibility index (Phi) is 4.51. The van der Waals surface area contributed by atoms with E-state index in [1.807, 2.05) is 54.7 Å². The zero-order valence-corrected chi connectivity index (χ0v) is 16.6. The van der Waals surface area contributed by atoms with Crippen LogP contribution >= 0.6 is 0 Å². The van der Waals surface area contributed by atoms with Crippen molar-refractivity contribution in [2.45, 2.75) is 18.4 Å². The molecule has 3 aromatic rings. The third-order valence-corrected chi connectivity index (χ3v) is 6.03. The van der Waals surface area contributed by atoms with Crippen LogP contribution in [0.25, 0.3) is 22.0 Å². The second-order valence-electron chi connectivity index (χ2n) is 8.11. The van der Waals surface area contributed by atoms with Gasteiger partial charge in [0.25, 0.3) is 11.8 Å². The smallest absolute Gasteiger partial charge is 0.254 e. The van der Waals surface area contributed by atoms with Crippen LogP contribution in [0.5, 0.6) is 0 Å². The van der Waals surface area contributed by atoms with Crippen molar-refractivity contribution in [2.24, 2.45) is 0 Å². The van der Waals surface area contributed by atoms with Gasteiger partial charge in [-0.25, -0.2) is 0 Å². The Hall–Kier alpha value is -3.25. The average molecular weight is 401 g/mol. The molecule has 0 unspecified atom stereocenters. The minimum absolute atomic E-state index is 0.0320. The van der Waals surface area contributed by atoms with E-state index in [1.165, 1.54) is 0 Å². The number of fused-ring (bicyclic) bond motifs is 1. The fourth-order valence-electron chi connectivity index (χ4n) is 3.96. The SMILES string of the molecule is O=C(c1ccc(-c2cnc3ccccc3c2)cc1)N1CCN(C(=O)C2(O)CC2)CC1. The van der Waals surface area contributed by atoms with Crippen LogP contribution < -0.4 is 0 Å². The van der Waals surface area contributed by atoms with Crippen LogP contribution in [0.3, 0.4) is 0 Å². The molecule has 6 nitrogen and oxygen atoms in total. The summed E-state index contributed by atoms with van der Waals surface area (Å²) < 4.78 is 0. The summed E-state index contributed by atoms with van der Waals surface area (Å²) in [6.45, 7) is 1.90. The topological polar surface area (TPSA) is 73.7 Å². The van der Waals surface area contributed by atoms with Gasteiger partial charge < -0.3 is 14.9 Å². The first-order chi connectivity index (χ1) is 14.5. The van der Waals surface area contributed by atoms with Crippen molar-refractivity contribution in [3.05, 3.63) is 66.4 Å². The van der Waals surface area contributed by atoms with Gasteiger partial charge in [0.15, 0.2) is 0 Å². The molecule has 6 heteroatoms. The van der Waals surface area contributed by atoms with E-state index in [-0.39, 0.29) is 11.8 Å². The van der Waals surface area contributed by atoms with Gasteiger partial charge in [-0.15, -0.1) is 0 Å². The van der Waals surface area contributed by atoms with E-state index in [0.29, 0.717) is 44.6 Å².